The zero-order valence-corrected chi connectivity index (χ0v) is 21.3. The van der Waals surface area contributed by atoms with Gasteiger partial charge in [-0.2, -0.15) is 9.40 Å². The Labute approximate surface area is 205 Å². The van der Waals surface area contributed by atoms with Crippen LogP contribution in [0.1, 0.15) is 41.2 Å². The molecule has 2 aromatic carbocycles. The number of nitrogens with zero attached hydrogens (tertiary/aromatic N) is 3. The number of carbonyl (C=O) groups is 2. The number of amides is 1. The smallest absolute Gasteiger partial charge is 0.338 e. The van der Waals surface area contributed by atoms with Gasteiger partial charge in [0.15, 0.2) is 6.61 Å². The monoisotopic (exact) mass is 498 g/mol. The number of hydrogen-bond acceptors (Lipinski definition) is 6. The van der Waals surface area contributed by atoms with E-state index in [9.17, 15) is 18.0 Å². The number of anilines is 1. The van der Waals surface area contributed by atoms with Crippen molar-refractivity contribution in [3.63, 3.8) is 0 Å². The molecule has 0 spiro atoms. The predicted octanol–water partition coefficient (Wildman–Crippen LogP) is 3.62. The van der Waals surface area contributed by atoms with E-state index >= 15 is 0 Å². The number of aryl methyl sites for hydroxylation is 3. The third-order valence-electron chi connectivity index (χ3n) is 5.52. The number of esters is 1. The molecule has 3 aromatic rings. The van der Waals surface area contributed by atoms with Crippen molar-refractivity contribution in [1.29, 1.82) is 0 Å². The second kappa shape index (κ2) is 10.8. The number of rotatable bonds is 9. The van der Waals surface area contributed by atoms with E-state index in [4.69, 9.17) is 4.74 Å². The van der Waals surface area contributed by atoms with Gasteiger partial charge in [0.1, 0.15) is 0 Å². The third kappa shape index (κ3) is 5.95. The zero-order chi connectivity index (χ0) is 25.8. The lowest BCUT2D eigenvalue weighted by molar-refractivity contribution is -0.119. The number of hydrogen-bond donors (Lipinski definition) is 1. The van der Waals surface area contributed by atoms with Crippen LogP contribution in [0.3, 0.4) is 0 Å². The molecule has 0 saturated carbocycles. The Morgan fingerprint density at radius 2 is 1.66 bits per heavy atom. The Morgan fingerprint density at radius 3 is 2.23 bits per heavy atom. The number of sulfonamides is 1. The molecule has 0 bridgehead atoms. The van der Waals surface area contributed by atoms with Crippen LogP contribution in [0, 0.1) is 20.8 Å². The quantitative estimate of drug-likeness (QED) is 0.451. The maximum Gasteiger partial charge on any atom is 0.338 e. The van der Waals surface area contributed by atoms with Crippen molar-refractivity contribution in [2.45, 2.75) is 39.5 Å². The Morgan fingerprint density at radius 1 is 1.00 bits per heavy atom. The summed E-state index contributed by atoms with van der Waals surface area (Å²) in [6.07, 6.45) is 0. The van der Waals surface area contributed by atoms with Crippen molar-refractivity contribution in [2.75, 3.05) is 25.0 Å². The molecule has 0 saturated heterocycles. The predicted molar refractivity (Wildman–Crippen MR) is 133 cm³/mol. The van der Waals surface area contributed by atoms with Gasteiger partial charge in [0.05, 0.1) is 21.8 Å². The molecule has 1 N–H and O–H groups in total. The molecule has 0 radical (unpaired) electrons. The van der Waals surface area contributed by atoms with Crippen LogP contribution in [-0.4, -0.2) is 54.1 Å². The van der Waals surface area contributed by atoms with Crippen molar-refractivity contribution < 1.29 is 22.7 Å². The summed E-state index contributed by atoms with van der Waals surface area (Å²) in [5, 5.41) is 7.04. The minimum atomic E-state index is -3.67. The lowest BCUT2D eigenvalue weighted by Gasteiger charge is -2.19. The average Bonchev–Trinajstić information content (AvgIpc) is 3.17. The summed E-state index contributed by atoms with van der Waals surface area (Å²) in [6.45, 7) is 9.29. The standard InChI is InChI=1S/C25H30N4O5S/c1-6-28(7-2)35(32,33)22-13-8-17(3)23(15-22)26-24(30)16-34-25(31)20-9-11-21(12-10-20)29-19(5)14-18(4)27-29/h8-15H,6-7,16H2,1-5H3,(H,26,30). The van der Waals surface area contributed by atoms with E-state index < -0.39 is 28.5 Å². The van der Waals surface area contributed by atoms with E-state index in [1.165, 1.54) is 16.4 Å². The van der Waals surface area contributed by atoms with Gasteiger partial charge in [-0.25, -0.2) is 17.9 Å². The molecule has 0 aliphatic heterocycles. The van der Waals surface area contributed by atoms with Crippen LogP contribution in [0.4, 0.5) is 5.69 Å². The highest BCUT2D eigenvalue weighted by atomic mass is 32.2. The average molecular weight is 499 g/mol. The van der Waals surface area contributed by atoms with Gasteiger partial charge in [-0.05, 0) is 68.8 Å². The fourth-order valence-electron chi connectivity index (χ4n) is 3.64. The normalized spacial score (nSPS) is 11.5. The summed E-state index contributed by atoms with van der Waals surface area (Å²) in [7, 11) is -3.67. The van der Waals surface area contributed by atoms with Crippen LogP contribution >= 0.6 is 0 Å². The Bertz CT molecular complexity index is 1330. The van der Waals surface area contributed by atoms with Gasteiger partial charge in [-0.3, -0.25) is 4.79 Å². The second-order valence-corrected chi connectivity index (χ2v) is 10.0. The van der Waals surface area contributed by atoms with Crippen LogP contribution in [0.15, 0.2) is 53.4 Å². The van der Waals surface area contributed by atoms with E-state index in [1.807, 2.05) is 19.9 Å². The number of aromatic nitrogens is 2. The molecular weight excluding hydrogens is 468 g/mol. The molecule has 35 heavy (non-hydrogen) atoms. The highest BCUT2D eigenvalue weighted by Crippen LogP contribution is 2.23. The molecule has 0 unspecified atom stereocenters. The Kier molecular flexibility index (Phi) is 8.08. The first kappa shape index (κ1) is 26.1. The topological polar surface area (TPSA) is 111 Å². The molecule has 0 atom stereocenters. The number of ether oxygens (including phenoxy) is 1. The third-order valence-corrected chi connectivity index (χ3v) is 7.56. The fourth-order valence-corrected chi connectivity index (χ4v) is 5.12. The molecule has 0 aliphatic rings. The Balaban J connectivity index is 1.64. The maximum atomic E-state index is 12.8. The zero-order valence-electron chi connectivity index (χ0n) is 20.5. The molecule has 1 heterocycles. The molecule has 0 aliphatic carbocycles. The minimum absolute atomic E-state index is 0.0850. The summed E-state index contributed by atoms with van der Waals surface area (Å²) < 4.78 is 33.8. The molecular formula is C25H30N4O5S. The highest BCUT2D eigenvalue weighted by molar-refractivity contribution is 7.89. The summed E-state index contributed by atoms with van der Waals surface area (Å²) in [6, 6.07) is 13.2. The van der Waals surface area contributed by atoms with E-state index in [2.05, 4.69) is 10.4 Å². The van der Waals surface area contributed by atoms with E-state index in [0.29, 0.717) is 29.9 Å². The highest BCUT2D eigenvalue weighted by Gasteiger charge is 2.22. The van der Waals surface area contributed by atoms with E-state index in [-0.39, 0.29) is 4.90 Å². The van der Waals surface area contributed by atoms with Gasteiger partial charge < -0.3 is 10.1 Å². The van der Waals surface area contributed by atoms with Crippen molar-refractivity contribution in [1.82, 2.24) is 14.1 Å². The SMILES string of the molecule is CCN(CC)S(=O)(=O)c1ccc(C)c(NC(=O)COC(=O)c2ccc(-n3nc(C)cc3C)cc2)c1. The van der Waals surface area contributed by atoms with Crippen molar-refractivity contribution in [3.05, 3.63) is 71.0 Å². The molecule has 3 rings (SSSR count). The van der Waals surface area contributed by atoms with Crippen molar-refractivity contribution >= 4 is 27.6 Å². The van der Waals surface area contributed by atoms with Gasteiger partial charge in [0, 0.05) is 24.5 Å². The van der Waals surface area contributed by atoms with Crippen LogP contribution < -0.4 is 5.32 Å². The number of benzene rings is 2. The summed E-state index contributed by atoms with van der Waals surface area (Å²) in [5.74, 6) is -1.22. The van der Waals surface area contributed by atoms with Crippen molar-refractivity contribution in [2.24, 2.45) is 0 Å². The summed E-state index contributed by atoms with van der Waals surface area (Å²) in [4.78, 5) is 24.9. The van der Waals surface area contributed by atoms with E-state index in [1.54, 1.807) is 55.8 Å². The van der Waals surface area contributed by atoms with Gasteiger partial charge in [0.25, 0.3) is 5.91 Å². The first-order valence-electron chi connectivity index (χ1n) is 11.3. The van der Waals surface area contributed by atoms with Crippen LogP contribution in [0.25, 0.3) is 5.69 Å². The minimum Gasteiger partial charge on any atom is -0.452 e. The van der Waals surface area contributed by atoms with Gasteiger partial charge in [-0.1, -0.05) is 19.9 Å². The summed E-state index contributed by atoms with van der Waals surface area (Å²) >= 11 is 0. The van der Waals surface area contributed by atoms with Crippen LogP contribution in [0.2, 0.25) is 0 Å². The molecule has 10 heteroatoms. The van der Waals surface area contributed by atoms with Gasteiger partial charge >= 0.3 is 5.97 Å². The molecule has 1 amide bonds. The van der Waals surface area contributed by atoms with E-state index in [0.717, 1.165) is 17.1 Å². The fraction of sp³-hybridized carbons (Fsp3) is 0.320. The van der Waals surface area contributed by atoms with Gasteiger partial charge in [-0.15, -0.1) is 0 Å². The van der Waals surface area contributed by atoms with Crippen LogP contribution in [0.5, 0.6) is 0 Å². The number of nitrogens with one attached hydrogen (secondary N) is 1. The molecule has 9 nitrogen and oxygen atoms in total. The number of carbonyl (C=O) groups excluding carboxylic acids is 2. The first-order valence-corrected chi connectivity index (χ1v) is 12.7. The largest absolute Gasteiger partial charge is 0.452 e. The van der Waals surface area contributed by atoms with Crippen molar-refractivity contribution in [3.8, 4) is 5.69 Å². The molecule has 1 aromatic heterocycles. The lowest BCUT2D eigenvalue weighted by atomic mass is 10.2. The lowest BCUT2D eigenvalue weighted by Crippen LogP contribution is -2.30. The van der Waals surface area contributed by atoms with Gasteiger partial charge in [0.2, 0.25) is 10.0 Å². The maximum absolute atomic E-state index is 12.8. The summed E-state index contributed by atoms with van der Waals surface area (Å²) in [5.41, 5.74) is 3.99. The van der Waals surface area contributed by atoms with Crippen LogP contribution in [-0.2, 0) is 19.6 Å². The first-order chi connectivity index (χ1) is 16.6. The molecule has 186 valence electrons. The Hall–Kier alpha value is -3.50. The molecule has 0 fully saturated rings. The second-order valence-electron chi connectivity index (χ2n) is 8.08.